The van der Waals surface area contributed by atoms with Gasteiger partial charge in [-0.25, -0.2) is 10.9 Å². The lowest BCUT2D eigenvalue weighted by molar-refractivity contribution is -0.126. The van der Waals surface area contributed by atoms with E-state index in [1.807, 2.05) is 12.1 Å². The molecular weight excluding hydrogens is 332 g/mol. The summed E-state index contributed by atoms with van der Waals surface area (Å²) in [5, 5.41) is 7.95. The molecule has 0 saturated heterocycles. The van der Waals surface area contributed by atoms with Crippen molar-refractivity contribution in [2.45, 2.75) is 26.7 Å². The zero-order valence-electron chi connectivity index (χ0n) is 14.6. The number of carbonyl (C=O) groups excluding carboxylic acids is 2. The van der Waals surface area contributed by atoms with Crippen molar-refractivity contribution in [3.8, 4) is 0 Å². The Morgan fingerprint density at radius 1 is 0.808 bits per heavy atom. The predicted molar refractivity (Wildman–Crippen MR) is 98.4 cm³/mol. The van der Waals surface area contributed by atoms with Crippen molar-refractivity contribution in [1.29, 1.82) is 0 Å². The largest absolute Gasteiger partial charge is 0.273 e. The van der Waals surface area contributed by atoms with E-state index in [0.717, 1.165) is 0 Å². The Morgan fingerprint density at radius 2 is 1.23 bits per heavy atom. The van der Waals surface area contributed by atoms with Crippen LogP contribution in [0.5, 0.6) is 0 Å². The number of amides is 2. The number of carbonyl (C=O) groups is 2. The normalized spacial score (nSPS) is 11.8. The molecule has 0 aromatic carbocycles. The van der Waals surface area contributed by atoms with E-state index < -0.39 is 0 Å². The molecule has 0 aliphatic rings. The highest BCUT2D eigenvalue weighted by Gasteiger charge is 2.07. The highest BCUT2D eigenvalue weighted by molar-refractivity contribution is 5.98. The van der Waals surface area contributed by atoms with Gasteiger partial charge in [0.15, 0.2) is 0 Å². The molecule has 0 spiro atoms. The van der Waals surface area contributed by atoms with Gasteiger partial charge in [-0.15, -0.1) is 0 Å². The van der Waals surface area contributed by atoms with Gasteiger partial charge in [-0.05, 0) is 38.1 Å². The quantitative estimate of drug-likeness (QED) is 0.583. The van der Waals surface area contributed by atoms with Crippen LogP contribution in [0.1, 0.15) is 38.1 Å². The minimum atomic E-state index is -0.360. The third-order valence-corrected chi connectivity index (χ3v) is 3.35. The number of pyridine rings is 2. The first-order valence-corrected chi connectivity index (χ1v) is 8.05. The first-order valence-electron chi connectivity index (χ1n) is 8.05. The van der Waals surface area contributed by atoms with Crippen molar-refractivity contribution < 1.29 is 9.59 Å². The maximum absolute atomic E-state index is 11.8. The van der Waals surface area contributed by atoms with Crippen LogP contribution in [0.2, 0.25) is 0 Å². The van der Waals surface area contributed by atoms with Crippen molar-refractivity contribution in [3.63, 3.8) is 0 Å². The van der Waals surface area contributed by atoms with Crippen molar-refractivity contribution >= 4 is 23.2 Å². The average Bonchev–Trinajstić information content (AvgIpc) is 2.69. The molecule has 0 unspecified atom stereocenters. The fourth-order valence-electron chi connectivity index (χ4n) is 1.90. The lowest BCUT2D eigenvalue weighted by atomic mass is 10.2. The number of hydrazone groups is 2. The van der Waals surface area contributed by atoms with Crippen LogP contribution in [-0.4, -0.2) is 33.2 Å². The lowest BCUT2D eigenvalue weighted by Crippen LogP contribution is -2.24. The molecule has 2 N–H and O–H groups in total. The van der Waals surface area contributed by atoms with Crippen molar-refractivity contribution in [3.05, 3.63) is 60.2 Å². The van der Waals surface area contributed by atoms with E-state index in [4.69, 9.17) is 0 Å². The summed E-state index contributed by atoms with van der Waals surface area (Å²) in [6, 6.07) is 10.8. The van der Waals surface area contributed by atoms with Crippen molar-refractivity contribution in [2.75, 3.05) is 0 Å². The molecule has 2 rings (SSSR count). The Bertz CT molecular complexity index is 733. The van der Waals surface area contributed by atoms with Crippen molar-refractivity contribution in [1.82, 2.24) is 20.8 Å². The van der Waals surface area contributed by atoms with Gasteiger partial charge in [0.2, 0.25) is 11.8 Å². The van der Waals surface area contributed by atoms with E-state index in [1.54, 1.807) is 50.5 Å². The summed E-state index contributed by atoms with van der Waals surface area (Å²) in [6.07, 6.45) is 3.30. The molecular formula is C18H20N6O2. The second-order valence-corrected chi connectivity index (χ2v) is 5.39. The van der Waals surface area contributed by atoms with E-state index in [2.05, 4.69) is 31.0 Å². The molecule has 0 aliphatic carbocycles. The summed E-state index contributed by atoms with van der Waals surface area (Å²) < 4.78 is 0. The molecule has 26 heavy (non-hydrogen) atoms. The van der Waals surface area contributed by atoms with Gasteiger partial charge >= 0.3 is 0 Å². The Labute approximate surface area is 151 Å². The average molecular weight is 352 g/mol. The van der Waals surface area contributed by atoms with E-state index in [-0.39, 0.29) is 24.7 Å². The molecule has 2 heterocycles. The van der Waals surface area contributed by atoms with Gasteiger partial charge < -0.3 is 0 Å². The van der Waals surface area contributed by atoms with Crippen LogP contribution in [0.4, 0.5) is 0 Å². The summed E-state index contributed by atoms with van der Waals surface area (Å²) in [5.41, 5.74) is 7.33. The van der Waals surface area contributed by atoms with Crippen LogP contribution in [0.3, 0.4) is 0 Å². The molecule has 2 aromatic heterocycles. The van der Waals surface area contributed by atoms with Crippen LogP contribution >= 0.6 is 0 Å². The van der Waals surface area contributed by atoms with Crippen LogP contribution in [0, 0.1) is 0 Å². The van der Waals surface area contributed by atoms with E-state index in [0.29, 0.717) is 22.8 Å². The topological polar surface area (TPSA) is 109 Å². The first-order chi connectivity index (χ1) is 12.6. The van der Waals surface area contributed by atoms with Gasteiger partial charge in [0, 0.05) is 25.2 Å². The Kier molecular flexibility index (Phi) is 7.11. The molecule has 0 aliphatic heterocycles. The smallest absolute Gasteiger partial charge is 0.240 e. The zero-order valence-corrected chi connectivity index (χ0v) is 14.6. The van der Waals surface area contributed by atoms with E-state index in [9.17, 15) is 9.59 Å². The minimum Gasteiger partial charge on any atom is -0.273 e. The number of hydrogen-bond donors (Lipinski definition) is 2. The summed E-state index contributed by atoms with van der Waals surface area (Å²) in [7, 11) is 0. The number of hydrogen-bond acceptors (Lipinski definition) is 6. The monoisotopic (exact) mass is 352 g/mol. The second-order valence-electron chi connectivity index (χ2n) is 5.39. The van der Waals surface area contributed by atoms with Crippen LogP contribution in [-0.2, 0) is 9.59 Å². The highest BCUT2D eigenvalue weighted by Crippen LogP contribution is 1.97. The maximum Gasteiger partial charge on any atom is 0.240 e. The van der Waals surface area contributed by atoms with Crippen molar-refractivity contribution in [2.24, 2.45) is 10.2 Å². The number of rotatable bonds is 7. The summed E-state index contributed by atoms with van der Waals surface area (Å²) in [5.74, 6) is -0.721. The van der Waals surface area contributed by atoms with Crippen LogP contribution < -0.4 is 10.9 Å². The molecule has 8 heteroatoms. The molecule has 0 radical (unpaired) electrons. The number of nitrogens with zero attached hydrogens (tertiary/aromatic N) is 4. The predicted octanol–water partition coefficient (Wildman–Crippen LogP) is 1.64. The molecule has 0 bridgehead atoms. The van der Waals surface area contributed by atoms with Gasteiger partial charge in [-0.2, -0.15) is 10.2 Å². The third-order valence-electron chi connectivity index (χ3n) is 3.35. The Morgan fingerprint density at radius 3 is 1.58 bits per heavy atom. The van der Waals surface area contributed by atoms with Gasteiger partial charge in [-0.3, -0.25) is 19.6 Å². The second kappa shape index (κ2) is 9.77. The van der Waals surface area contributed by atoms with Crippen LogP contribution in [0.15, 0.2) is 59.0 Å². The molecule has 0 atom stereocenters. The van der Waals surface area contributed by atoms with Crippen LogP contribution in [0.25, 0.3) is 0 Å². The summed E-state index contributed by atoms with van der Waals surface area (Å²) >= 11 is 0. The number of nitrogens with one attached hydrogen (secondary N) is 2. The SMILES string of the molecule is C/C(=N\NC(=O)CCC(=O)N/N=C(\C)c1ccccn1)c1ccccn1. The van der Waals surface area contributed by atoms with Gasteiger partial charge in [0.05, 0.1) is 22.8 Å². The third kappa shape index (κ3) is 6.23. The zero-order chi connectivity index (χ0) is 18.8. The molecule has 0 fully saturated rings. The van der Waals surface area contributed by atoms with Gasteiger partial charge in [0.25, 0.3) is 0 Å². The van der Waals surface area contributed by atoms with E-state index in [1.165, 1.54) is 0 Å². The molecule has 0 saturated carbocycles. The number of aromatic nitrogens is 2. The summed E-state index contributed by atoms with van der Waals surface area (Å²) in [4.78, 5) is 31.8. The lowest BCUT2D eigenvalue weighted by Gasteiger charge is -2.03. The molecule has 2 amide bonds. The Hall–Kier alpha value is -3.42. The molecule has 2 aromatic rings. The fraction of sp³-hybridized carbons (Fsp3) is 0.222. The van der Waals surface area contributed by atoms with Gasteiger partial charge in [0.1, 0.15) is 0 Å². The van der Waals surface area contributed by atoms with Gasteiger partial charge in [-0.1, -0.05) is 12.1 Å². The fourth-order valence-corrected chi connectivity index (χ4v) is 1.90. The Balaban J connectivity index is 1.76. The summed E-state index contributed by atoms with van der Waals surface area (Å²) in [6.45, 7) is 3.48. The highest BCUT2D eigenvalue weighted by atomic mass is 16.2. The standard InChI is InChI=1S/C18H20N6O2/c1-13(15-7-3-5-11-19-15)21-23-17(25)9-10-18(26)24-22-14(2)16-8-4-6-12-20-16/h3-8,11-12H,9-10H2,1-2H3,(H,23,25)(H,24,26)/b21-13+,22-14+. The molecule has 134 valence electrons. The minimum absolute atomic E-state index is 0.00296. The first kappa shape index (κ1) is 18.9. The maximum atomic E-state index is 11.8. The van der Waals surface area contributed by atoms with E-state index >= 15 is 0 Å². The molecule has 8 nitrogen and oxygen atoms in total.